The molecule has 0 saturated carbocycles. The van der Waals surface area contributed by atoms with E-state index in [1.54, 1.807) is 24.3 Å². The van der Waals surface area contributed by atoms with Crippen molar-refractivity contribution < 1.29 is 19.1 Å². The predicted molar refractivity (Wildman–Crippen MR) is 111 cm³/mol. The Hall–Kier alpha value is -2.95. The number of carbonyl (C=O) groups excluding carboxylic acids is 3. The van der Waals surface area contributed by atoms with Crippen LogP contribution in [0.4, 0.5) is 0 Å². The van der Waals surface area contributed by atoms with Crippen molar-refractivity contribution in [3.05, 3.63) is 65.2 Å². The Morgan fingerprint density at radius 2 is 1.45 bits per heavy atom. The molecule has 0 bridgehead atoms. The molecule has 0 saturated heterocycles. The number of imide groups is 1. The molecule has 2 amide bonds. The first-order valence-corrected chi connectivity index (χ1v) is 10.0. The third kappa shape index (κ3) is 4.73. The van der Waals surface area contributed by atoms with Crippen LogP contribution in [0.3, 0.4) is 0 Å². The van der Waals surface area contributed by atoms with E-state index < -0.39 is 0 Å². The fourth-order valence-corrected chi connectivity index (χ4v) is 3.51. The number of fused-ring (bicyclic) bond motifs is 1. The molecule has 2 aromatic rings. The summed E-state index contributed by atoms with van der Waals surface area (Å²) in [6.07, 6.45) is 2.36. The van der Waals surface area contributed by atoms with E-state index in [1.807, 2.05) is 24.3 Å². The highest BCUT2D eigenvalue weighted by atomic mass is 16.5. The van der Waals surface area contributed by atoms with E-state index >= 15 is 0 Å². The van der Waals surface area contributed by atoms with Gasteiger partial charge in [0.15, 0.2) is 0 Å². The van der Waals surface area contributed by atoms with Gasteiger partial charge in [0.1, 0.15) is 5.75 Å². The summed E-state index contributed by atoms with van der Waals surface area (Å²) in [6, 6.07) is 14.5. The minimum absolute atomic E-state index is 0.108. The zero-order chi connectivity index (χ0) is 21.0. The van der Waals surface area contributed by atoms with Gasteiger partial charge in [-0.3, -0.25) is 19.3 Å². The summed E-state index contributed by atoms with van der Waals surface area (Å²) in [5.74, 6) is -0.119. The Morgan fingerprint density at radius 3 is 2.07 bits per heavy atom. The number of unbranched alkanes of at least 4 members (excludes halogenated alkanes) is 2. The average molecular weight is 393 g/mol. The maximum absolute atomic E-state index is 12.3. The van der Waals surface area contributed by atoms with Gasteiger partial charge in [0.05, 0.1) is 11.1 Å². The van der Waals surface area contributed by atoms with Gasteiger partial charge < -0.3 is 4.74 Å². The van der Waals surface area contributed by atoms with Crippen LogP contribution in [-0.2, 0) is 10.2 Å². The molecular weight excluding hydrogens is 366 g/mol. The lowest BCUT2D eigenvalue weighted by Crippen LogP contribution is -2.30. The molecule has 1 heterocycles. The Balaban J connectivity index is 1.44. The van der Waals surface area contributed by atoms with Gasteiger partial charge in [0, 0.05) is 18.5 Å². The molecule has 0 fully saturated rings. The zero-order valence-corrected chi connectivity index (χ0v) is 17.2. The molecule has 0 atom stereocenters. The van der Waals surface area contributed by atoms with E-state index in [0.29, 0.717) is 42.7 Å². The number of para-hydroxylation sites is 1. The maximum atomic E-state index is 12.3. The monoisotopic (exact) mass is 393 g/mol. The van der Waals surface area contributed by atoms with Crippen molar-refractivity contribution in [2.45, 2.75) is 51.9 Å². The minimum Gasteiger partial charge on any atom is -0.426 e. The second-order valence-corrected chi connectivity index (χ2v) is 8.34. The molecule has 3 rings (SSSR count). The number of benzene rings is 2. The van der Waals surface area contributed by atoms with Crippen LogP contribution < -0.4 is 4.74 Å². The fraction of sp³-hybridized carbons (Fsp3) is 0.375. The van der Waals surface area contributed by atoms with Crippen LogP contribution >= 0.6 is 0 Å². The lowest BCUT2D eigenvalue weighted by atomic mass is 9.86. The summed E-state index contributed by atoms with van der Waals surface area (Å²) >= 11 is 0. The molecule has 0 aliphatic carbocycles. The summed E-state index contributed by atoms with van der Waals surface area (Å²) in [5.41, 5.74) is 1.83. The highest BCUT2D eigenvalue weighted by Gasteiger charge is 2.34. The Morgan fingerprint density at radius 1 is 0.862 bits per heavy atom. The van der Waals surface area contributed by atoms with Crippen LogP contribution in [0.5, 0.6) is 5.75 Å². The molecule has 0 aromatic heterocycles. The molecular formula is C24H27NO4. The molecule has 0 N–H and O–H groups in total. The van der Waals surface area contributed by atoms with E-state index in [4.69, 9.17) is 4.74 Å². The molecule has 0 unspecified atom stereocenters. The van der Waals surface area contributed by atoms with Gasteiger partial charge in [-0.2, -0.15) is 0 Å². The molecule has 2 aromatic carbocycles. The third-order valence-electron chi connectivity index (χ3n) is 5.06. The van der Waals surface area contributed by atoms with Crippen molar-refractivity contribution in [3.63, 3.8) is 0 Å². The summed E-state index contributed by atoms with van der Waals surface area (Å²) in [6.45, 7) is 6.62. The van der Waals surface area contributed by atoms with Crippen LogP contribution in [0, 0.1) is 0 Å². The smallest absolute Gasteiger partial charge is 0.311 e. The Kier molecular flexibility index (Phi) is 6.16. The maximum Gasteiger partial charge on any atom is 0.311 e. The molecule has 5 nitrogen and oxygen atoms in total. The van der Waals surface area contributed by atoms with Crippen molar-refractivity contribution in [3.8, 4) is 5.75 Å². The quantitative estimate of drug-likeness (QED) is 0.295. The van der Waals surface area contributed by atoms with Gasteiger partial charge in [0.25, 0.3) is 11.8 Å². The van der Waals surface area contributed by atoms with Crippen LogP contribution in [0.1, 0.15) is 72.7 Å². The minimum atomic E-state index is -0.262. The summed E-state index contributed by atoms with van der Waals surface area (Å²) < 4.78 is 5.57. The van der Waals surface area contributed by atoms with Crippen LogP contribution in [0.2, 0.25) is 0 Å². The summed E-state index contributed by atoms with van der Waals surface area (Å²) in [5, 5.41) is 0. The number of nitrogens with zero attached hydrogens (tertiary/aromatic N) is 1. The molecule has 0 radical (unpaired) electrons. The molecule has 1 aliphatic rings. The SMILES string of the molecule is CC(C)(C)c1ccccc1OC(=O)CCCCCN1C(=O)c2ccccc2C1=O. The highest BCUT2D eigenvalue weighted by Crippen LogP contribution is 2.31. The lowest BCUT2D eigenvalue weighted by Gasteiger charge is -2.22. The molecule has 29 heavy (non-hydrogen) atoms. The standard InChI is InChI=1S/C24H27NO4/c1-24(2,3)19-13-8-9-14-20(19)29-21(26)15-5-4-10-16-25-22(27)17-11-6-7-12-18(17)23(25)28/h6-9,11-14H,4-5,10,15-16H2,1-3H3. The fourth-order valence-electron chi connectivity index (χ4n) is 3.51. The first-order chi connectivity index (χ1) is 13.8. The van der Waals surface area contributed by atoms with Gasteiger partial charge in [-0.25, -0.2) is 0 Å². The number of amides is 2. The number of esters is 1. The van der Waals surface area contributed by atoms with E-state index in [-0.39, 0.29) is 23.2 Å². The second-order valence-electron chi connectivity index (χ2n) is 8.34. The van der Waals surface area contributed by atoms with Gasteiger partial charge in [-0.15, -0.1) is 0 Å². The van der Waals surface area contributed by atoms with Crippen molar-refractivity contribution in [1.29, 1.82) is 0 Å². The number of hydrogen-bond acceptors (Lipinski definition) is 4. The first kappa shape index (κ1) is 20.8. The van der Waals surface area contributed by atoms with E-state index in [1.165, 1.54) is 4.90 Å². The number of hydrogen-bond donors (Lipinski definition) is 0. The third-order valence-corrected chi connectivity index (χ3v) is 5.06. The topological polar surface area (TPSA) is 63.7 Å². The van der Waals surface area contributed by atoms with Gasteiger partial charge in [-0.1, -0.05) is 57.5 Å². The van der Waals surface area contributed by atoms with Crippen LogP contribution in [0.15, 0.2) is 48.5 Å². The second kappa shape index (κ2) is 8.60. The summed E-state index contributed by atoms with van der Waals surface area (Å²) in [7, 11) is 0. The first-order valence-electron chi connectivity index (χ1n) is 10.0. The average Bonchev–Trinajstić information content (AvgIpc) is 2.92. The largest absolute Gasteiger partial charge is 0.426 e. The molecule has 0 spiro atoms. The van der Waals surface area contributed by atoms with Gasteiger partial charge in [-0.05, 0) is 36.5 Å². The zero-order valence-electron chi connectivity index (χ0n) is 17.2. The molecule has 1 aliphatic heterocycles. The van der Waals surface area contributed by atoms with Gasteiger partial charge >= 0.3 is 5.97 Å². The number of rotatable bonds is 7. The van der Waals surface area contributed by atoms with E-state index in [0.717, 1.165) is 12.0 Å². The predicted octanol–water partition coefficient (Wildman–Crippen LogP) is 4.75. The summed E-state index contributed by atoms with van der Waals surface area (Å²) in [4.78, 5) is 38.2. The normalized spacial score (nSPS) is 13.6. The van der Waals surface area contributed by atoms with Crippen molar-refractivity contribution in [1.82, 2.24) is 4.90 Å². The number of carbonyl (C=O) groups is 3. The molecule has 5 heteroatoms. The van der Waals surface area contributed by atoms with Crippen molar-refractivity contribution >= 4 is 17.8 Å². The Bertz CT molecular complexity index is 891. The molecule has 152 valence electrons. The van der Waals surface area contributed by atoms with Gasteiger partial charge in [0.2, 0.25) is 0 Å². The number of ether oxygens (including phenoxy) is 1. The van der Waals surface area contributed by atoms with E-state index in [9.17, 15) is 14.4 Å². The lowest BCUT2D eigenvalue weighted by molar-refractivity contribution is -0.134. The van der Waals surface area contributed by atoms with Crippen molar-refractivity contribution in [2.75, 3.05) is 6.54 Å². The van der Waals surface area contributed by atoms with E-state index in [2.05, 4.69) is 20.8 Å². The highest BCUT2D eigenvalue weighted by molar-refractivity contribution is 6.21. The van der Waals surface area contributed by atoms with Crippen molar-refractivity contribution in [2.24, 2.45) is 0 Å². The van der Waals surface area contributed by atoms with Crippen LogP contribution in [0.25, 0.3) is 0 Å². The van der Waals surface area contributed by atoms with Crippen LogP contribution in [-0.4, -0.2) is 29.2 Å². The Labute approximate surface area is 171 Å².